The molecule has 2 aliphatic rings. The van der Waals surface area contributed by atoms with Gasteiger partial charge in [-0.3, -0.25) is 0 Å². The molecule has 0 amide bonds. The topological polar surface area (TPSA) is 107 Å². The summed E-state index contributed by atoms with van der Waals surface area (Å²) in [7, 11) is 1.48. The Kier molecular flexibility index (Phi) is 8.81. The summed E-state index contributed by atoms with van der Waals surface area (Å²) in [5, 5.41) is 27.2. The van der Waals surface area contributed by atoms with Crippen LogP contribution in [0.3, 0.4) is 0 Å². The highest BCUT2D eigenvalue weighted by molar-refractivity contribution is 5.89. The van der Waals surface area contributed by atoms with Crippen LogP contribution in [0.15, 0.2) is 24.3 Å². The van der Waals surface area contributed by atoms with E-state index in [1.807, 2.05) is 0 Å². The van der Waals surface area contributed by atoms with Gasteiger partial charge in [0.25, 0.3) is 0 Å². The molecular weight excluding hydrogens is 417 g/mol. The van der Waals surface area contributed by atoms with Gasteiger partial charge in [0.15, 0.2) is 11.6 Å². The number of piperidine rings is 1. The largest absolute Gasteiger partial charge is 0.493 e. The average Bonchev–Trinajstić information content (AvgIpc) is 2.93. The van der Waals surface area contributed by atoms with E-state index in [1.165, 1.54) is 32.4 Å². The van der Waals surface area contributed by atoms with E-state index in [4.69, 9.17) is 14.9 Å². The van der Waals surface area contributed by atoms with Crippen LogP contribution >= 0.6 is 0 Å². The first-order chi connectivity index (χ1) is 15.0. The Hall–Kier alpha value is -2.45. The summed E-state index contributed by atoms with van der Waals surface area (Å²) >= 11 is 0. The van der Waals surface area contributed by atoms with Crippen LogP contribution in [0.1, 0.15) is 57.1 Å². The standard InChI is InChI=1S/C20H30FNO2.C4H4O4/c1-19(2)14-15-8-9-16(21)18(24-3)17(15)20(19,23)10-7-13-22-11-5-4-6-12-22;5-3(6)1-2-4(7)8/h8-9,23H,4-7,10-14H2,1-3H3;1-2H,(H,5,6)(H,7,8). The summed E-state index contributed by atoms with van der Waals surface area (Å²) < 4.78 is 19.5. The molecule has 0 radical (unpaired) electrons. The van der Waals surface area contributed by atoms with E-state index in [2.05, 4.69) is 18.7 Å². The van der Waals surface area contributed by atoms with Crippen molar-refractivity contribution >= 4 is 11.9 Å². The Morgan fingerprint density at radius 2 is 1.72 bits per heavy atom. The molecule has 8 heteroatoms. The first-order valence-corrected chi connectivity index (χ1v) is 11.0. The van der Waals surface area contributed by atoms with E-state index in [0.29, 0.717) is 24.1 Å². The van der Waals surface area contributed by atoms with Crippen LogP contribution in [0.2, 0.25) is 0 Å². The van der Waals surface area contributed by atoms with Crippen molar-refractivity contribution in [3.8, 4) is 5.75 Å². The van der Waals surface area contributed by atoms with Gasteiger partial charge in [0.2, 0.25) is 0 Å². The Morgan fingerprint density at radius 3 is 2.25 bits per heavy atom. The zero-order valence-corrected chi connectivity index (χ0v) is 19.1. The van der Waals surface area contributed by atoms with Gasteiger partial charge < -0.3 is 25.0 Å². The molecule has 1 unspecified atom stereocenters. The van der Waals surface area contributed by atoms with Crippen LogP contribution in [0, 0.1) is 11.2 Å². The van der Waals surface area contributed by atoms with Gasteiger partial charge in [0.05, 0.1) is 12.7 Å². The van der Waals surface area contributed by atoms with Gasteiger partial charge in [0.1, 0.15) is 0 Å². The number of carboxylic acids is 2. The van der Waals surface area contributed by atoms with Crippen molar-refractivity contribution in [2.45, 2.75) is 58.0 Å². The SMILES string of the molecule is COc1c(F)ccc2c1C(O)(CCCN1CCCCC1)C(C)(C)C2.O=C(O)C=CC(=O)O. The molecule has 178 valence electrons. The number of ether oxygens (including phenoxy) is 1. The smallest absolute Gasteiger partial charge is 0.328 e. The van der Waals surface area contributed by atoms with E-state index < -0.39 is 17.5 Å². The second-order valence-electron chi connectivity index (χ2n) is 9.05. The molecule has 1 aromatic rings. The number of aliphatic carboxylic acids is 2. The lowest BCUT2D eigenvalue weighted by molar-refractivity contribution is -0.134. The minimum atomic E-state index is -1.26. The molecule has 1 aromatic carbocycles. The molecule has 7 nitrogen and oxygen atoms in total. The first kappa shape index (κ1) is 25.8. The summed E-state index contributed by atoms with van der Waals surface area (Å²) in [6.07, 6.45) is 7.30. The number of methoxy groups -OCH3 is 1. The molecule has 0 spiro atoms. The average molecular weight is 452 g/mol. The number of halogens is 1. The molecule has 1 aliphatic heterocycles. The van der Waals surface area contributed by atoms with Crippen LogP contribution < -0.4 is 4.74 Å². The molecule has 32 heavy (non-hydrogen) atoms. The fourth-order valence-corrected chi connectivity index (χ4v) is 4.71. The maximum absolute atomic E-state index is 14.2. The Morgan fingerprint density at radius 1 is 1.12 bits per heavy atom. The second kappa shape index (κ2) is 10.9. The number of hydrogen-bond acceptors (Lipinski definition) is 5. The monoisotopic (exact) mass is 451 g/mol. The zero-order valence-electron chi connectivity index (χ0n) is 19.1. The third-order valence-electron chi connectivity index (χ3n) is 6.40. The molecule has 1 heterocycles. The highest BCUT2D eigenvalue weighted by atomic mass is 19.1. The van der Waals surface area contributed by atoms with E-state index in [-0.39, 0.29) is 17.0 Å². The Labute approximate surface area is 188 Å². The lowest BCUT2D eigenvalue weighted by Crippen LogP contribution is -2.40. The van der Waals surface area contributed by atoms with Crippen molar-refractivity contribution in [2.24, 2.45) is 5.41 Å². The molecule has 1 aliphatic carbocycles. The van der Waals surface area contributed by atoms with Gasteiger partial charge in [0, 0.05) is 23.1 Å². The highest BCUT2D eigenvalue weighted by Gasteiger charge is 2.52. The summed E-state index contributed by atoms with van der Waals surface area (Å²) in [6.45, 7) is 7.48. The number of hydrogen-bond donors (Lipinski definition) is 3. The molecule has 1 fully saturated rings. The van der Waals surface area contributed by atoms with E-state index >= 15 is 0 Å². The van der Waals surface area contributed by atoms with Crippen LogP contribution in [-0.4, -0.2) is 58.9 Å². The minimum absolute atomic E-state index is 0.221. The fourth-order valence-electron chi connectivity index (χ4n) is 4.71. The predicted octanol–water partition coefficient (Wildman–Crippen LogP) is 3.58. The Bertz CT molecular complexity index is 831. The van der Waals surface area contributed by atoms with Gasteiger partial charge >= 0.3 is 11.9 Å². The third-order valence-corrected chi connectivity index (χ3v) is 6.40. The summed E-state index contributed by atoms with van der Waals surface area (Å²) in [5.41, 5.74) is 0.330. The van der Waals surface area contributed by atoms with E-state index in [0.717, 1.165) is 38.0 Å². The number of carboxylic acid groups (broad SMARTS) is 2. The molecule has 0 bridgehead atoms. The van der Waals surface area contributed by atoms with Crippen molar-refractivity contribution in [1.29, 1.82) is 0 Å². The first-order valence-electron chi connectivity index (χ1n) is 11.0. The van der Waals surface area contributed by atoms with Crippen LogP contribution in [-0.2, 0) is 21.6 Å². The maximum Gasteiger partial charge on any atom is 0.328 e. The summed E-state index contributed by atoms with van der Waals surface area (Å²) in [6, 6.07) is 3.25. The third kappa shape index (κ3) is 6.07. The molecule has 1 atom stereocenters. The minimum Gasteiger partial charge on any atom is -0.493 e. The summed E-state index contributed by atoms with van der Waals surface area (Å²) in [4.78, 5) is 21.6. The number of rotatable bonds is 7. The quantitative estimate of drug-likeness (QED) is 0.544. The number of fused-ring (bicyclic) bond motifs is 1. The van der Waals surface area contributed by atoms with Crippen LogP contribution in [0.4, 0.5) is 4.39 Å². The molecule has 1 saturated heterocycles. The lowest BCUT2D eigenvalue weighted by Gasteiger charge is -2.39. The molecule has 3 rings (SSSR count). The number of benzene rings is 1. The van der Waals surface area contributed by atoms with Gasteiger partial charge in [-0.1, -0.05) is 26.3 Å². The van der Waals surface area contributed by atoms with Crippen molar-refractivity contribution in [1.82, 2.24) is 4.90 Å². The maximum atomic E-state index is 14.2. The molecule has 0 saturated carbocycles. The lowest BCUT2D eigenvalue weighted by atomic mass is 9.72. The Balaban J connectivity index is 0.000000390. The normalized spacial score (nSPS) is 22.2. The van der Waals surface area contributed by atoms with Crippen LogP contribution in [0.5, 0.6) is 5.75 Å². The van der Waals surface area contributed by atoms with Gasteiger partial charge in [-0.05, 0) is 63.4 Å². The number of nitrogens with zero attached hydrogens (tertiary/aromatic N) is 1. The van der Waals surface area contributed by atoms with Crippen molar-refractivity contribution < 1.29 is 34.0 Å². The highest BCUT2D eigenvalue weighted by Crippen LogP contribution is 2.55. The van der Waals surface area contributed by atoms with Gasteiger partial charge in [-0.15, -0.1) is 0 Å². The summed E-state index contributed by atoms with van der Waals surface area (Å²) in [5.74, 6) is -2.68. The van der Waals surface area contributed by atoms with Gasteiger partial charge in [-0.2, -0.15) is 0 Å². The van der Waals surface area contributed by atoms with E-state index in [9.17, 15) is 19.1 Å². The van der Waals surface area contributed by atoms with E-state index in [1.54, 1.807) is 6.07 Å². The molecule has 0 aromatic heterocycles. The fraction of sp³-hybridized carbons (Fsp3) is 0.583. The van der Waals surface area contributed by atoms with Crippen molar-refractivity contribution in [3.63, 3.8) is 0 Å². The number of carbonyl (C=O) groups is 2. The zero-order chi connectivity index (χ0) is 23.9. The van der Waals surface area contributed by atoms with Crippen molar-refractivity contribution in [3.05, 3.63) is 41.2 Å². The molecular formula is C24H34FNO6. The second-order valence-corrected chi connectivity index (χ2v) is 9.05. The van der Waals surface area contributed by atoms with Gasteiger partial charge in [-0.25, -0.2) is 14.0 Å². The molecule has 3 N–H and O–H groups in total. The number of likely N-dealkylation sites (tertiary alicyclic amines) is 1. The van der Waals surface area contributed by atoms with Crippen LogP contribution in [0.25, 0.3) is 0 Å². The number of aliphatic hydroxyl groups is 1. The predicted molar refractivity (Wildman–Crippen MR) is 118 cm³/mol. The van der Waals surface area contributed by atoms with Crippen molar-refractivity contribution in [2.75, 3.05) is 26.7 Å².